The van der Waals surface area contributed by atoms with Crippen molar-refractivity contribution in [3.63, 3.8) is 0 Å². The van der Waals surface area contributed by atoms with Crippen LogP contribution < -0.4 is 4.74 Å². The second kappa shape index (κ2) is 4.52. The van der Waals surface area contributed by atoms with Crippen LogP contribution in [0.1, 0.15) is 11.3 Å². The first-order valence-electron chi connectivity index (χ1n) is 4.21. The Morgan fingerprint density at radius 2 is 2.12 bits per heavy atom. The van der Waals surface area contributed by atoms with E-state index < -0.39 is 35.1 Å². The molecule has 0 spiro atoms. The lowest BCUT2D eigenvalue weighted by Crippen LogP contribution is -2.18. The summed E-state index contributed by atoms with van der Waals surface area (Å²) in [6.07, 6.45) is -4.96. The van der Waals surface area contributed by atoms with Crippen LogP contribution in [0.15, 0.2) is 6.07 Å². The van der Waals surface area contributed by atoms with Gasteiger partial charge < -0.3 is 14.9 Å². The zero-order valence-electron chi connectivity index (χ0n) is 8.42. The van der Waals surface area contributed by atoms with E-state index in [1.54, 1.807) is 0 Å². The van der Waals surface area contributed by atoms with Gasteiger partial charge in [0.15, 0.2) is 11.4 Å². The Labute approximate surface area is 92.2 Å². The molecule has 0 atom stereocenters. The van der Waals surface area contributed by atoms with Crippen LogP contribution in [0.25, 0.3) is 0 Å². The lowest BCUT2D eigenvalue weighted by molar-refractivity contribution is -0.390. The average molecular weight is 254 g/mol. The number of alkyl halides is 4. The molecule has 1 aromatic rings. The fourth-order valence-electron chi connectivity index (χ4n) is 1.10. The van der Waals surface area contributed by atoms with Crippen molar-refractivity contribution in [2.24, 2.45) is 0 Å². The number of aromatic nitrogens is 1. The molecule has 0 saturated heterocycles. The average Bonchev–Trinajstić information content (AvgIpc) is 2.18. The van der Waals surface area contributed by atoms with Gasteiger partial charge in [-0.15, -0.1) is 13.2 Å². The van der Waals surface area contributed by atoms with E-state index in [4.69, 9.17) is 0 Å². The lowest BCUT2D eigenvalue weighted by Gasteiger charge is -2.09. The van der Waals surface area contributed by atoms with Gasteiger partial charge in [-0.25, -0.2) is 4.39 Å². The zero-order chi connectivity index (χ0) is 13.2. The maximum Gasteiger partial charge on any atom is 0.573 e. The molecule has 0 aliphatic heterocycles. The van der Waals surface area contributed by atoms with E-state index >= 15 is 0 Å². The monoisotopic (exact) mass is 254 g/mol. The number of nitrogens with zero attached hydrogens (tertiary/aromatic N) is 2. The highest BCUT2D eigenvalue weighted by Gasteiger charge is 2.34. The molecule has 9 heteroatoms. The second-order valence-corrected chi connectivity index (χ2v) is 2.99. The Balaban J connectivity index is 3.23. The van der Waals surface area contributed by atoms with E-state index in [-0.39, 0.29) is 5.69 Å². The molecule has 0 amide bonds. The number of aryl methyl sites for hydroxylation is 1. The number of halogens is 4. The second-order valence-electron chi connectivity index (χ2n) is 2.99. The van der Waals surface area contributed by atoms with Gasteiger partial charge in [-0.3, -0.25) is 0 Å². The summed E-state index contributed by atoms with van der Waals surface area (Å²) in [7, 11) is 0. The van der Waals surface area contributed by atoms with Gasteiger partial charge in [-0.2, -0.15) is 0 Å². The molecule has 0 radical (unpaired) electrons. The van der Waals surface area contributed by atoms with Gasteiger partial charge in [0.2, 0.25) is 0 Å². The van der Waals surface area contributed by atoms with Crippen molar-refractivity contribution in [2.45, 2.75) is 20.0 Å². The third-order valence-corrected chi connectivity index (χ3v) is 1.77. The first-order chi connectivity index (χ1) is 7.74. The number of rotatable bonds is 3. The summed E-state index contributed by atoms with van der Waals surface area (Å²) < 4.78 is 51.8. The van der Waals surface area contributed by atoms with E-state index in [1.807, 2.05) is 0 Å². The minimum Gasteiger partial charge on any atom is -0.401 e. The van der Waals surface area contributed by atoms with Crippen molar-refractivity contribution in [3.05, 3.63) is 27.4 Å². The van der Waals surface area contributed by atoms with Crippen LogP contribution in [0.4, 0.5) is 23.4 Å². The molecule has 17 heavy (non-hydrogen) atoms. The number of ether oxygens (including phenoxy) is 1. The molecule has 0 aromatic carbocycles. The van der Waals surface area contributed by atoms with Crippen molar-refractivity contribution in [2.75, 3.05) is 0 Å². The third-order valence-electron chi connectivity index (χ3n) is 1.77. The van der Waals surface area contributed by atoms with Gasteiger partial charge in [0.05, 0.1) is 5.56 Å². The fraction of sp³-hybridized carbons (Fsp3) is 0.375. The first-order valence-corrected chi connectivity index (χ1v) is 4.21. The number of hydrogen-bond donors (Lipinski definition) is 0. The molecule has 0 saturated carbocycles. The first kappa shape index (κ1) is 13.1. The minimum atomic E-state index is -4.96. The number of hydrogen-bond acceptors (Lipinski definition) is 4. The molecule has 0 N–H and O–H groups in total. The molecule has 5 nitrogen and oxygen atoms in total. The van der Waals surface area contributed by atoms with Crippen LogP contribution in [0, 0.1) is 17.0 Å². The summed E-state index contributed by atoms with van der Waals surface area (Å²) >= 11 is 0. The number of pyridine rings is 1. The predicted molar refractivity (Wildman–Crippen MR) is 47.1 cm³/mol. The topological polar surface area (TPSA) is 65.3 Å². The summed E-state index contributed by atoms with van der Waals surface area (Å²) in [6, 6.07) is 0.619. The van der Waals surface area contributed by atoms with Crippen LogP contribution >= 0.6 is 0 Å². The van der Waals surface area contributed by atoms with E-state index in [0.29, 0.717) is 6.07 Å². The van der Waals surface area contributed by atoms with Gasteiger partial charge in [-0.1, -0.05) is 0 Å². The van der Waals surface area contributed by atoms with E-state index in [9.17, 15) is 27.7 Å². The number of nitro groups is 1. The summed E-state index contributed by atoms with van der Waals surface area (Å²) in [6.45, 7) is -0.214. The molecular weight excluding hydrogens is 248 g/mol. The normalized spacial score (nSPS) is 11.4. The molecule has 0 bridgehead atoms. The highest BCUT2D eigenvalue weighted by Crippen LogP contribution is 2.29. The van der Waals surface area contributed by atoms with Crippen LogP contribution in [-0.2, 0) is 6.67 Å². The van der Waals surface area contributed by atoms with Crippen molar-refractivity contribution < 1.29 is 27.2 Å². The molecule has 0 aliphatic carbocycles. The van der Waals surface area contributed by atoms with Crippen molar-refractivity contribution in [3.8, 4) is 5.75 Å². The summed E-state index contributed by atoms with van der Waals surface area (Å²) in [5.41, 5.74) is -0.911. The van der Waals surface area contributed by atoms with Crippen LogP contribution in [0.2, 0.25) is 0 Å². The molecule has 1 heterocycles. The summed E-state index contributed by atoms with van der Waals surface area (Å²) in [5.74, 6) is -1.57. The van der Waals surface area contributed by atoms with Crippen LogP contribution in [0.3, 0.4) is 0 Å². The quantitative estimate of drug-likeness (QED) is 0.472. The maximum absolute atomic E-state index is 12.4. The zero-order valence-corrected chi connectivity index (χ0v) is 8.42. The van der Waals surface area contributed by atoms with Crippen LogP contribution in [-0.4, -0.2) is 16.3 Å². The Kier molecular flexibility index (Phi) is 3.49. The lowest BCUT2D eigenvalue weighted by atomic mass is 10.2. The Morgan fingerprint density at radius 1 is 1.53 bits per heavy atom. The molecule has 1 aromatic heterocycles. The van der Waals surface area contributed by atoms with Gasteiger partial charge in [0.1, 0.15) is 6.67 Å². The smallest absolute Gasteiger partial charge is 0.401 e. The summed E-state index contributed by atoms with van der Waals surface area (Å²) in [5, 5.41) is 10.4. The van der Waals surface area contributed by atoms with Gasteiger partial charge in [0.25, 0.3) is 0 Å². The molecule has 94 valence electrons. The molecule has 0 unspecified atom stereocenters. The minimum absolute atomic E-state index is 0.341. The highest BCUT2D eigenvalue weighted by atomic mass is 19.4. The standard InChI is InChI=1S/C8H6F4N2O3/c1-4-6(17-8(10,11)12)2-5(3-9)7(13-4)14(15)16/h2H,3H2,1H3. The molecule has 1 rings (SSSR count). The SMILES string of the molecule is Cc1nc([N+](=O)[O-])c(CF)cc1OC(F)(F)F. The maximum atomic E-state index is 12.4. The van der Waals surface area contributed by atoms with Gasteiger partial charge in [0, 0.05) is 6.92 Å². The van der Waals surface area contributed by atoms with Gasteiger partial charge in [-0.05, 0) is 16.0 Å². The Hall–Kier alpha value is -1.93. The Morgan fingerprint density at radius 3 is 2.53 bits per heavy atom. The van der Waals surface area contributed by atoms with E-state index in [0.717, 1.165) is 6.92 Å². The molecule has 0 fully saturated rings. The van der Waals surface area contributed by atoms with Crippen molar-refractivity contribution in [1.29, 1.82) is 0 Å². The van der Waals surface area contributed by atoms with E-state index in [2.05, 4.69) is 9.72 Å². The Bertz CT molecular complexity index is 447. The van der Waals surface area contributed by atoms with Crippen molar-refractivity contribution in [1.82, 2.24) is 4.98 Å². The van der Waals surface area contributed by atoms with Crippen molar-refractivity contribution >= 4 is 5.82 Å². The fourth-order valence-corrected chi connectivity index (χ4v) is 1.10. The highest BCUT2D eigenvalue weighted by molar-refractivity contribution is 5.41. The van der Waals surface area contributed by atoms with Crippen LogP contribution in [0.5, 0.6) is 5.75 Å². The predicted octanol–water partition coefficient (Wildman–Crippen LogP) is 2.67. The summed E-state index contributed by atoms with van der Waals surface area (Å²) in [4.78, 5) is 12.7. The third kappa shape index (κ3) is 3.26. The molecule has 0 aliphatic rings. The molecular formula is C8H6F4N2O3. The van der Waals surface area contributed by atoms with E-state index in [1.165, 1.54) is 0 Å². The largest absolute Gasteiger partial charge is 0.573 e. The van der Waals surface area contributed by atoms with Gasteiger partial charge >= 0.3 is 12.2 Å².